The molecule has 0 aliphatic heterocycles. The zero-order chi connectivity index (χ0) is 10.7. The first kappa shape index (κ1) is 10.8. The number of benzene rings is 1. The molecule has 0 saturated heterocycles. The largest absolute Gasteiger partial charge is 0.496 e. The molecular formula is C11H11ClO2. The van der Waals surface area contributed by atoms with Crippen LogP contribution in [0.1, 0.15) is 22.8 Å². The fourth-order valence-corrected chi connectivity index (χ4v) is 1.28. The first-order chi connectivity index (χ1) is 6.56. The number of carbonyl (C=O) groups is 1. The molecule has 3 heteroatoms. The van der Waals surface area contributed by atoms with Crippen LogP contribution in [0.4, 0.5) is 0 Å². The molecule has 0 N–H and O–H groups in total. The summed E-state index contributed by atoms with van der Waals surface area (Å²) < 4.78 is 5.13. The first-order valence-corrected chi connectivity index (χ1v) is 4.48. The van der Waals surface area contributed by atoms with Gasteiger partial charge in [0, 0.05) is 11.1 Å². The Balaban J connectivity index is 3.25. The van der Waals surface area contributed by atoms with Crippen LogP contribution >= 0.6 is 11.6 Å². The standard InChI is InChI=1S/C11H11ClO2/c1-7(2)9-5-4-8(11(12)13)6-10(9)14-3/h4-6H,1H2,2-3H3. The summed E-state index contributed by atoms with van der Waals surface area (Å²) in [6.07, 6.45) is 0. The fourth-order valence-electron chi connectivity index (χ4n) is 1.17. The second kappa shape index (κ2) is 4.29. The van der Waals surface area contributed by atoms with E-state index in [1.54, 1.807) is 25.3 Å². The SMILES string of the molecule is C=C(C)c1ccc(C(=O)Cl)cc1OC. The van der Waals surface area contributed by atoms with E-state index in [9.17, 15) is 4.79 Å². The number of hydrogen-bond donors (Lipinski definition) is 0. The van der Waals surface area contributed by atoms with Crippen LogP contribution in [-0.2, 0) is 0 Å². The predicted molar refractivity (Wildman–Crippen MR) is 57.9 cm³/mol. The van der Waals surface area contributed by atoms with Gasteiger partial charge in [-0.3, -0.25) is 4.79 Å². The van der Waals surface area contributed by atoms with Crippen molar-refractivity contribution in [3.63, 3.8) is 0 Å². The molecule has 0 atom stereocenters. The number of halogens is 1. The van der Waals surface area contributed by atoms with E-state index in [2.05, 4.69) is 6.58 Å². The Morgan fingerprint density at radius 1 is 1.50 bits per heavy atom. The molecule has 1 aromatic carbocycles. The Morgan fingerprint density at radius 3 is 2.57 bits per heavy atom. The van der Waals surface area contributed by atoms with Gasteiger partial charge < -0.3 is 4.74 Å². The van der Waals surface area contributed by atoms with Crippen LogP contribution < -0.4 is 4.74 Å². The highest BCUT2D eigenvalue weighted by atomic mass is 35.5. The van der Waals surface area contributed by atoms with Gasteiger partial charge in [0.25, 0.3) is 5.24 Å². The van der Waals surface area contributed by atoms with E-state index in [1.807, 2.05) is 6.92 Å². The molecule has 0 heterocycles. The van der Waals surface area contributed by atoms with Gasteiger partial charge in [0.1, 0.15) is 5.75 Å². The van der Waals surface area contributed by atoms with Crippen LogP contribution in [0.5, 0.6) is 5.75 Å². The molecule has 0 radical (unpaired) electrons. The van der Waals surface area contributed by atoms with Crippen LogP contribution in [0.3, 0.4) is 0 Å². The summed E-state index contributed by atoms with van der Waals surface area (Å²) >= 11 is 5.35. The highest BCUT2D eigenvalue weighted by Gasteiger charge is 2.08. The van der Waals surface area contributed by atoms with E-state index < -0.39 is 5.24 Å². The van der Waals surface area contributed by atoms with Gasteiger partial charge in [0.2, 0.25) is 0 Å². The molecule has 0 aliphatic carbocycles. The van der Waals surface area contributed by atoms with Crippen LogP contribution in [0.2, 0.25) is 0 Å². The average Bonchev–Trinajstić information content (AvgIpc) is 2.16. The number of allylic oxidation sites excluding steroid dienone is 1. The quantitative estimate of drug-likeness (QED) is 0.717. The average molecular weight is 211 g/mol. The first-order valence-electron chi connectivity index (χ1n) is 4.10. The summed E-state index contributed by atoms with van der Waals surface area (Å²) in [5, 5.41) is -0.489. The lowest BCUT2D eigenvalue weighted by molar-refractivity contribution is 0.108. The number of carbonyl (C=O) groups excluding carboxylic acids is 1. The summed E-state index contributed by atoms with van der Waals surface area (Å²) in [5.41, 5.74) is 2.19. The lowest BCUT2D eigenvalue weighted by Gasteiger charge is -2.08. The Morgan fingerprint density at radius 2 is 2.14 bits per heavy atom. The fraction of sp³-hybridized carbons (Fsp3) is 0.182. The van der Waals surface area contributed by atoms with Gasteiger partial charge in [-0.15, -0.1) is 0 Å². The van der Waals surface area contributed by atoms with E-state index in [1.165, 1.54) is 0 Å². The minimum absolute atomic E-state index is 0.425. The summed E-state index contributed by atoms with van der Waals surface area (Å²) in [5.74, 6) is 0.615. The van der Waals surface area contributed by atoms with Crippen molar-refractivity contribution in [2.75, 3.05) is 7.11 Å². The van der Waals surface area contributed by atoms with Gasteiger partial charge in [0.15, 0.2) is 0 Å². The van der Waals surface area contributed by atoms with Gasteiger partial charge in [-0.05, 0) is 36.2 Å². The third-order valence-corrected chi connectivity index (χ3v) is 2.11. The van der Waals surface area contributed by atoms with Gasteiger partial charge in [-0.1, -0.05) is 12.6 Å². The third kappa shape index (κ3) is 2.15. The zero-order valence-corrected chi connectivity index (χ0v) is 8.89. The minimum atomic E-state index is -0.489. The van der Waals surface area contributed by atoms with E-state index in [-0.39, 0.29) is 0 Å². The van der Waals surface area contributed by atoms with Crippen molar-refractivity contribution in [2.45, 2.75) is 6.92 Å². The van der Waals surface area contributed by atoms with Crippen molar-refractivity contribution in [2.24, 2.45) is 0 Å². The number of methoxy groups -OCH3 is 1. The topological polar surface area (TPSA) is 26.3 Å². The maximum atomic E-state index is 10.9. The van der Waals surface area contributed by atoms with Gasteiger partial charge in [0.05, 0.1) is 7.11 Å². The summed E-state index contributed by atoms with van der Waals surface area (Å²) in [7, 11) is 1.55. The maximum Gasteiger partial charge on any atom is 0.252 e. The maximum absolute atomic E-state index is 10.9. The van der Waals surface area contributed by atoms with Crippen LogP contribution in [0.15, 0.2) is 24.8 Å². The normalized spacial score (nSPS) is 9.64. The minimum Gasteiger partial charge on any atom is -0.496 e. The molecule has 14 heavy (non-hydrogen) atoms. The second-order valence-electron chi connectivity index (χ2n) is 2.97. The second-order valence-corrected chi connectivity index (χ2v) is 3.31. The van der Waals surface area contributed by atoms with Crippen LogP contribution in [-0.4, -0.2) is 12.4 Å². The number of ether oxygens (including phenoxy) is 1. The highest BCUT2D eigenvalue weighted by molar-refractivity contribution is 6.67. The monoisotopic (exact) mass is 210 g/mol. The zero-order valence-electron chi connectivity index (χ0n) is 8.13. The molecule has 0 aromatic heterocycles. The van der Waals surface area contributed by atoms with E-state index in [4.69, 9.17) is 16.3 Å². The molecule has 1 rings (SSSR count). The van der Waals surface area contributed by atoms with Crippen LogP contribution in [0.25, 0.3) is 5.57 Å². The lowest BCUT2D eigenvalue weighted by atomic mass is 10.1. The molecule has 0 bridgehead atoms. The van der Waals surface area contributed by atoms with Gasteiger partial charge in [-0.2, -0.15) is 0 Å². The van der Waals surface area contributed by atoms with Gasteiger partial charge >= 0.3 is 0 Å². The van der Waals surface area contributed by atoms with Crippen LogP contribution in [0, 0.1) is 0 Å². The molecule has 74 valence electrons. The van der Waals surface area contributed by atoms with E-state index in [0.717, 1.165) is 11.1 Å². The molecule has 0 amide bonds. The summed E-state index contributed by atoms with van der Waals surface area (Å²) in [6.45, 7) is 5.69. The Hall–Kier alpha value is -1.28. The molecule has 1 aromatic rings. The predicted octanol–water partition coefficient (Wildman–Crippen LogP) is 3.11. The summed E-state index contributed by atoms with van der Waals surface area (Å²) in [6, 6.07) is 5.04. The van der Waals surface area contributed by atoms with Crippen molar-refractivity contribution in [3.8, 4) is 5.75 Å². The van der Waals surface area contributed by atoms with Crippen molar-refractivity contribution < 1.29 is 9.53 Å². The number of rotatable bonds is 3. The molecule has 0 unspecified atom stereocenters. The molecule has 0 fully saturated rings. The lowest BCUT2D eigenvalue weighted by Crippen LogP contribution is -1.94. The van der Waals surface area contributed by atoms with Crippen molar-refractivity contribution >= 4 is 22.4 Å². The number of hydrogen-bond acceptors (Lipinski definition) is 2. The summed E-state index contributed by atoms with van der Waals surface area (Å²) in [4.78, 5) is 10.9. The molecule has 2 nitrogen and oxygen atoms in total. The smallest absolute Gasteiger partial charge is 0.252 e. The molecular weight excluding hydrogens is 200 g/mol. The van der Waals surface area contributed by atoms with Crippen molar-refractivity contribution in [1.29, 1.82) is 0 Å². The Labute approximate surface area is 88.1 Å². The highest BCUT2D eigenvalue weighted by Crippen LogP contribution is 2.26. The Kier molecular flexibility index (Phi) is 3.31. The molecule has 0 saturated carbocycles. The Bertz CT molecular complexity index is 383. The van der Waals surface area contributed by atoms with Crippen molar-refractivity contribution in [3.05, 3.63) is 35.9 Å². The van der Waals surface area contributed by atoms with E-state index >= 15 is 0 Å². The van der Waals surface area contributed by atoms with E-state index in [0.29, 0.717) is 11.3 Å². The third-order valence-electron chi connectivity index (χ3n) is 1.89. The van der Waals surface area contributed by atoms with Gasteiger partial charge in [-0.25, -0.2) is 0 Å². The molecule has 0 spiro atoms. The van der Waals surface area contributed by atoms with Crippen molar-refractivity contribution in [1.82, 2.24) is 0 Å². The molecule has 0 aliphatic rings.